The van der Waals surface area contributed by atoms with Gasteiger partial charge in [0.1, 0.15) is 0 Å². The summed E-state index contributed by atoms with van der Waals surface area (Å²) >= 11 is 0. The van der Waals surface area contributed by atoms with Gasteiger partial charge in [-0.15, -0.1) is 0 Å². The first-order valence-electron chi connectivity index (χ1n) is 7.35. The average molecular weight is 245 g/mol. The van der Waals surface area contributed by atoms with Gasteiger partial charge in [-0.05, 0) is 55.2 Å². The average Bonchev–Trinajstić information content (AvgIpc) is 2.33. The standard InChI is InChI=1S/C17H27N/c1-14(2)11-16-13-18-10-9-17(16,3)12-15-7-5-4-6-8-15/h4-8,14,16,18H,9-13H2,1-3H3. The van der Waals surface area contributed by atoms with Crippen molar-refractivity contribution in [2.24, 2.45) is 17.3 Å². The minimum atomic E-state index is 0.469. The first kappa shape index (κ1) is 13.6. The minimum Gasteiger partial charge on any atom is -0.316 e. The summed E-state index contributed by atoms with van der Waals surface area (Å²) in [6.07, 6.45) is 3.88. The summed E-state index contributed by atoms with van der Waals surface area (Å²) in [6.45, 7) is 9.56. The smallest absolute Gasteiger partial charge is 0.00151 e. The van der Waals surface area contributed by atoms with Gasteiger partial charge in [-0.1, -0.05) is 51.1 Å². The van der Waals surface area contributed by atoms with Crippen LogP contribution in [0.25, 0.3) is 0 Å². The second-order valence-corrected chi connectivity index (χ2v) is 6.60. The topological polar surface area (TPSA) is 12.0 Å². The van der Waals surface area contributed by atoms with Gasteiger partial charge in [0.2, 0.25) is 0 Å². The third kappa shape index (κ3) is 3.35. The van der Waals surface area contributed by atoms with Crippen molar-refractivity contribution in [1.82, 2.24) is 5.32 Å². The van der Waals surface area contributed by atoms with Crippen LogP contribution in [-0.2, 0) is 6.42 Å². The molecule has 1 fully saturated rings. The Kier molecular flexibility index (Phi) is 4.45. The van der Waals surface area contributed by atoms with E-state index < -0.39 is 0 Å². The van der Waals surface area contributed by atoms with Gasteiger partial charge < -0.3 is 5.32 Å². The Balaban J connectivity index is 2.10. The van der Waals surface area contributed by atoms with Crippen LogP contribution in [0.1, 0.15) is 39.2 Å². The maximum Gasteiger partial charge on any atom is -0.00151 e. The molecule has 0 aliphatic carbocycles. The van der Waals surface area contributed by atoms with E-state index in [-0.39, 0.29) is 0 Å². The van der Waals surface area contributed by atoms with Crippen molar-refractivity contribution in [1.29, 1.82) is 0 Å². The van der Waals surface area contributed by atoms with E-state index in [0.29, 0.717) is 5.41 Å². The van der Waals surface area contributed by atoms with Gasteiger partial charge in [-0.3, -0.25) is 0 Å². The summed E-state index contributed by atoms with van der Waals surface area (Å²) in [5.41, 5.74) is 1.97. The molecule has 1 heteroatoms. The van der Waals surface area contributed by atoms with Crippen LogP contribution in [0, 0.1) is 17.3 Å². The lowest BCUT2D eigenvalue weighted by Crippen LogP contribution is -2.45. The zero-order chi connectivity index (χ0) is 13.0. The molecule has 1 nitrogen and oxygen atoms in total. The number of piperidine rings is 1. The zero-order valence-corrected chi connectivity index (χ0v) is 12.1. The summed E-state index contributed by atoms with van der Waals surface area (Å²) in [6, 6.07) is 11.0. The first-order valence-corrected chi connectivity index (χ1v) is 7.35. The molecule has 2 rings (SSSR count). The molecule has 0 saturated carbocycles. The second-order valence-electron chi connectivity index (χ2n) is 6.60. The van der Waals surface area contributed by atoms with E-state index in [9.17, 15) is 0 Å². The van der Waals surface area contributed by atoms with Crippen LogP contribution in [0.2, 0.25) is 0 Å². The fourth-order valence-corrected chi connectivity index (χ4v) is 3.33. The Morgan fingerprint density at radius 3 is 2.67 bits per heavy atom. The molecule has 1 aromatic rings. The maximum absolute atomic E-state index is 3.58. The Hall–Kier alpha value is -0.820. The van der Waals surface area contributed by atoms with Gasteiger partial charge >= 0.3 is 0 Å². The van der Waals surface area contributed by atoms with Crippen molar-refractivity contribution in [2.45, 2.75) is 40.0 Å². The Morgan fingerprint density at radius 1 is 1.28 bits per heavy atom. The number of nitrogens with one attached hydrogen (secondary N) is 1. The highest BCUT2D eigenvalue weighted by Crippen LogP contribution is 2.40. The number of hydrogen-bond donors (Lipinski definition) is 1. The summed E-state index contributed by atoms with van der Waals surface area (Å²) in [4.78, 5) is 0. The van der Waals surface area contributed by atoms with Crippen LogP contribution in [0.15, 0.2) is 30.3 Å². The highest BCUT2D eigenvalue weighted by molar-refractivity contribution is 5.17. The molecular formula is C17H27N. The summed E-state index contributed by atoms with van der Waals surface area (Å²) in [7, 11) is 0. The van der Waals surface area contributed by atoms with Crippen molar-refractivity contribution < 1.29 is 0 Å². The monoisotopic (exact) mass is 245 g/mol. The Morgan fingerprint density at radius 2 is 2.00 bits per heavy atom. The number of hydrogen-bond acceptors (Lipinski definition) is 1. The van der Waals surface area contributed by atoms with Crippen molar-refractivity contribution in [3.63, 3.8) is 0 Å². The van der Waals surface area contributed by atoms with Crippen LogP contribution in [0.4, 0.5) is 0 Å². The van der Waals surface area contributed by atoms with E-state index in [1.54, 1.807) is 0 Å². The fourth-order valence-electron chi connectivity index (χ4n) is 3.33. The Labute approximate surface area is 112 Å². The minimum absolute atomic E-state index is 0.469. The molecule has 2 atom stereocenters. The first-order chi connectivity index (χ1) is 8.60. The summed E-state index contributed by atoms with van der Waals surface area (Å²) in [5, 5.41) is 3.58. The molecule has 18 heavy (non-hydrogen) atoms. The van der Waals surface area contributed by atoms with Crippen molar-refractivity contribution in [2.75, 3.05) is 13.1 Å². The molecule has 1 aliphatic heterocycles. The van der Waals surface area contributed by atoms with Crippen LogP contribution >= 0.6 is 0 Å². The molecule has 100 valence electrons. The maximum atomic E-state index is 3.58. The molecule has 0 aromatic heterocycles. The van der Waals surface area contributed by atoms with Crippen LogP contribution in [0.5, 0.6) is 0 Å². The largest absolute Gasteiger partial charge is 0.316 e. The molecular weight excluding hydrogens is 218 g/mol. The lowest BCUT2D eigenvalue weighted by Gasteiger charge is -2.43. The third-order valence-electron chi connectivity index (χ3n) is 4.46. The number of benzene rings is 1. The van der Waals surface area contributed by atoms with Gasteiger partial charge in [-0.2, -0.15) is 0 Å². The van der Waals surface area contributed by atoms with Crippen molar-refractivity contribution in [3.05, 3.63) is 35.9 Å². The highest BCUT2D eigenvalue weighted by atomic mass is 14.9. The predicted octanol–water partition coefficient (Wildman–Crippen LogP) is 3.89. The van der Waals surface area contributed by atoms with Crippen LogP contribution in [0.3, 0.4) is 0 Å². The molecule has 0 radical (unpaired) electrons. The molecule has 1 heterocycles. The van der Waals surface area contributed by atoms with Gasteiger partial charge in [0.25, 0.3) is 0 Å². The van der Waals surface area contributed by atoms with Crippen LogP contribution < -0.4 is 5.32 Å². The van der Waals surface area contributed by atoms with E-state index in [0.717, 1.165) is 11.8 Å². The van der Waals surface area contributed by atoms with E-state index in [1.807, 2.05) is 0 Å². The quantitative estimate of drug-likeness (QED) is 0.848. The van der Waals surface area contributed by atoms with E-state index in [1.165, 1.54) is 37.9 Å². The fraction of sp³-hybridized carbons (Fsp3) is 0.647. The predicted molar refractivity (Wildman–Crippen MR) is 78.7 cm³/mol. The molecule has 1 N–H and O–H groups in total. The molecule has 1 aliphatic rings. The van der Waals surface area contributed by atoms with E-state index in [4.69, 9.17) is 0 Å². The third-order valence-corrected chi connectivity index (χ3v) is 4.46. The van der Waals surface area contributed by atoms with Gasteiger partial charge in [0, 0.05) is 0 Å². The molecule has 0 amide bonds. The molecule has 1 saturated heterocycles. The summed E-state index contributed by atoms with van der Waals surface area (Å²) < 4.78 is 0. The number of rotatable bonds is 4. The van der Waals surface area contributed by atoms with Gasteiger partial charge in [0.05, 0.1) is 0 Å². The normalized spacial score (nSPS) is 28.6. The summed E-state index contributed by atoms with van der Waals surface area (Å²) in [5.74, 6) is 1.61. The van der Waals surface area contributed by atoms with E-state index in [2.05, 4.69) is 56.4 Å². The van der Waals surface area contributed by atoms with E-state index >= 15 is 0 Å². The van der Waals surface area contributed by atoms with Gasteiger partial charge in [-0.25, -0.2) is 0 Å². The van der Waals surface area contributed by atoms with Crippen molar-refractivity contribution in [3.8, 4) is 0 Å². The van der Waals surface area contributed by atoms with Gasteiger partial charge in [0.15, 0.2) is 0 Å². The second kappa shape index (κ2) is 5.88. The van der Waals surface area contributed by atoms with Crippen LogP contribution in [-0.4, -0.2) is 13.1 Å². The lowest BCUT2D eigenvalue weighted by molar-refractivity contribution is 0.110. The molecule has 2 unspecified atom stereocenters. The molecule has 0 spiro atoms. The molecule has 1 aromatic carbocycles. The highest BCUT2D eigenvalue weighted by Gasteiger charge is 2.36. The SMILES string of the molecule is CC(C)CC1CNCCC1(C)Cc1ccccc1. The lowest BCUT2D eigenvalue weighted by atomic mass is 9.66. The zero-order valence-electron chi connectivity index (χ0n) is 12.1. The Bertz CT molecular complexity index is 357. The molecule has 0 bridgehead atoms. The van der Waals surface area contributed by atoms with Crippen molar-refractivity contribution >= 4 is 0 Å².